The van der Waals surface area contributed by atoms with E-state index < -0.39 is 0 Å². The van der Waals surface area contributed by atoms with Gasteiger partial charge in [0.05, 0.1) is 0 Å². The zero-order valence-corrected chi connectivity index (χ0v) is 12.0. The van der Waals surface area contributed by atoms with Gasteiger partial charge in [0.2, 0.25) is 5.91 Å². The molecule has 3 heteroatoms. The van der Waals surface area contributed by atoms with Crippen LogP contribution in [-0.2, 0) is 4.79 Å². The van der Waals surface area contributed by atoms with Gasteiger partial charge in [-0.25, -0.2) is 0 Å². The molecule has 0 spiro atoms. The van der Waals surface area contributed by atoms with Crippen LogP contribution in [0.15, 0.2) is 0 Å². The number of fused-ring (bicyclic) bond motifs is 2. The van der Waals surface area contributed by atoms with E-state index in [2.05, 4.69) is 10.6 Å². The zero-order chi connectivity index (χ0) is 13.1. The number of carbonyl (C=O) groups excluding carboxylic acids is 1. The summed E-state index contributed by atoms with van der Waals surface area (Å²) in [5.41, 5.74) is 0. The third-order valence-electron chi connectivity index (χ3n) is 5.62. The predicted octanol–water partition coefficient (Wildman–Crippen LogP) is 2.32. The van der Waals surface area contributed by atoms with Gasteiger partial charge in [0.15, 0.2) is 0 Å². The minimum Gasteiger partial charge on any atom is -0.356 e. The molecule has 2 saturated carbocycles. The summed E-state index contributed by atoms with van der Waals surface area (Å²) in [6.07, 6.45) is 10.0. The summed E-state index contributed by atoms with van der Waals surface area (Å²) in [7, 11) is 0. The van der Waals surface area contributed by atoms with Gasteiger partial charge in [-0.15, -0.1) is 0 Å². The van der Waals surface area contributed by atoms with Crippen LogP contribution in [-0.4, -0.2) is 25.5 Å². The quantitative estimate of drug-likeness (QED) is 0.800. The van der Waals surface area contributed by atoms with E-state index in [1.165, 1.54) is 38.5 Å². The molecule has 1 saturated heterocycles. The molecule has 1 amide bonds. The van der Waals surface area contributed by atoms with E-state index in [0.29, 0.717) is 0 Å². The summed E-state index contributed by atoms with van der Waals surface area (Å²) in [6, 6.07) is 0. The Kier molecular flexibility index (Phi) is 4.42. The third-order valence-corrected chi connectivity index (χ3v) is 5.62. The first-order valence-electron chi connectivity index (χ1n) is 8.28. The van der Waals surface area contributed by atoms with Crippen molar-refractivity contribution in [2.75, 3.05) is 19.6 Å². The molecule has 4 atom stereocenters. The molecule has 3 fully saturated rings. The van der Waals surface area contributed by atoms with Gasteiger partial charge >= 0.3 is 0 Å². The van der Waals surface area contributed by atoms with Crippen molar-refractivity contribution < 1.29 is 4.79 Å². The Hall–Kier alpha value is -0.570. The lowest BCUT2D eigenvalue weighted by atomic mass is 9.89. The van der Waals surface area contributed by atoms with Gasteiger partial charge in [-0.1, -0.05) is 6.42 Å². The molecule has 1 heterocycles. The lowest BCUT2D eigenvalue weighted by Gasteiger charge is -2.23. The second kappa shape index (κ2) is 6.25. The fraction of sp³-hybridized carbons (Fsp3) is 0.938. The highest BCUT2D eigenvalue weighted by molar-refractivity contribution is 5.75. The van der Waals surface area contributed by atoms with E-state index >= 15 is 0 Å². The maximum atomic E-state index is 11.9. The van der Waals surface area contributed by atoms with Crippen molar-refractivity contribution in [1.29, 1.82) is 0 Å². The highest BCUT2D eigenvalue weighted by Gasteiger charge is 2.39. The molecule has 0 aromatic carbocycles. The van der Waals surface area contributed by atoms with Crippen LogP contribution in [0.3, 0.4) is 0 Å². The Labute approximate surface area is 116 Å². The number of amides is 1. The van der Waals surface area contributed by atoms with Crippen LogP contribution in [0, 0.1) is 23.7 Å². The van der Waals surface area contributed by atoms with Gasteiger partial charge in [-0.2, -0.15) is 0 Å². The minimum absolute atomic E-state index is 0.286. The van der Waals surface area contributed by atoms with E-state index in [4.69, 9.17) is 0 Å². The normalized spacial score (nSPS) is 37.5. The van der Waals surface area contributed by atoms with Crippen LogP contribution in [0.2, 0.25) is 0 Å². The molecule has 1 aliphatic heterocycles. The van der Waals surface area contributed by atoms with Crippen molar-refractivity contribution in [2.45, 2.75) is 51.4 Å². The summed E-state index contributed by atoms with van der Waals surface area (Å²) < 4.78 is 0. The first-order chi connectivity index (χ1) is 9.31. The van der Waals surface area contributed by atoms with E-state index in [1.54, 1.807) is 0 Å². The summed E-state index contributed by atoms with van der Waals surface area (Å²) in [5, 5.41) is 6.61. The molecule has 3 rings (SSSR count). The van der Waals surface area contributed by atoms with Gasteiger partial charge in [-0.3, -0.25) is 4.79 Å². The van der Waals surface area contributed by atoms with Crippen LogP contribution >= 0.6 is 0 Å². The second-order valence-electron chi connectivity index (χ2n) is 6.99. The van der Waals surface area contributed by atoms with Crippen molar-refractivity contribution in [3.05, 3.63) is 0 Å². The van der Waals surface area contributed by atoms with Crippen LogP contribution in [0.25, 0.3) is 0 Å². The fourth-order valence-corrected chi connectivity index (χ4v) is 4.47. The summed E-state index contributed by atoms with van der Waals surface area (Å²) in [4.78, 5) is 11.9. The first kappa shape index (κ1) is 13.4. The number of rotatable bonds is 5. The molecule has 0 radical (unpaired) electrons. The van der Waals surface area contributed by atoms with Gasteiger partial charge in [0.25, 0.3) is 0 Å². The van der Waals surface area contributed by atoms with Crippen LogP contribution in [0.1, 0.15) is 51.4 Å². The Morgan fingerprint density at radius 1 is 1.21 bits per heavy atom. The average molecular weight is 264 g/mol. The SMILES string of the molecule is O=C(CCC1CCCNC1)NCC1CC2CCC1C2. The number of nitrogens with one attached hydrogen (secondary N) is 2. The third kappa shape index (κ3) is 3.50. The molecular formula is C16H28N2O. The molecule has 2 N–H and O–H groups in total. The number of carbonyl (C=O) groups is 1. The summed E-state index contributed by atoms with van der Waals surface area (Å²) in [6.45, 7) is 3.22. The van der Waals surface area contributed by atoms with Gasteiger partial charge in [0.1, 0.15) is 0 Å². The van der Waals surface area contributed by atoms with E-state index in [9.17, 15) is 4.79 Å². The second-order valence-corrected chi connectivity index (χ2v) is 6.99. The number of hydrogen-bond acceptors (Lipinski definition) is 2. The Morgan fingerprint density at radius 2 is 2.16 bits per heavy atom. The van der Waals surface area contributed by atoms with Crippen molar-refractivity contribution in [2.24, 2.45) is 23.7 Å². The van der Waals surface area contributed by atoms with Crippen LogP contribution in [0.5, 0.6) is 0 Å². The molecule has 0 aromatic heterocycles. The van der Waals surface area contributed by atoms with Gasteiger partial charge in [0, 0.05) is 13.0 Å². The predicted molar refractivity (Wildman–Crippen MR) is 76.8 cm³/mol. The van der Waals surface area contributed by atoms with Crippen molar-refractivity contribution >= 4 is 5.91 Å². The lowest BCUT2D eigenvalue weighted by molar-refractivity contribution is -0.121. The minimum atomic E-state index is 0.286. The fourth-order valence-electron chi connectivity index (χ4n) is 4.47. The Morgan fingerprint density at radius 3 is 2.84 bits per heavy atom. The first-order valence-corrected chi connectivity index (χ1v) is 8.28. The average Bonchev–Trinajstić information content (AvgIpc) is 3.06. The molecule has 2 bridgehead atoms. The van der Waals surface area contributed by atoms with Crippen molar-refractivity contribution in [3.63, 3.8) is 0 Å². The molecule has 19 heavy (non-hydrogen) atoms. The maximum absolute atomic E-state index is 11.9. The monoisotopic (exact) mass is 264 g/mol. The van der Waals surface area contributed by atoms with E-state index in [0.717, 1.165) is 56.1 Å². The molecule has 0 aromatic rings. The topological polar surface area (TPSA) is 41.1 Å². The van der Waals surface area contributed by atoms with Gasteiger partial charge < -0.3 is 10.6 Å². The highest BCUT2D eigenvalue weighted by Crippen LogP contribution is 2.47. The summed E-state index contributed by atoms with van der Waals surface area (Å²) in [5.74, 6) is 3.71. The summed E-state index contributed by atoms with van der Waals surface area (Å²) >= 11 is 0. The molecule has 3 nitrogen and oxygen atoms in total. The maximum Gasteiger partial charge on any atom is 0.220 e. The smallest absolute Gasteiger partial charge is 0.220 e. The van der Waals surface area contributed by atoms with Crippen molar-refractivity contribution in [3.8, 4) is 0 Å². The van der Waals surface area contributed by atoms with Crippen molar-refractivity contribution in [1.82, 2.24) is 10.6 Å². The highest BCUT2D eigenvalue weighted by atomic mass is 16.1. The molecule has 4 unspecified atom stereocenters. The molecular weight excluding hydrogens is 236 g/mol. The lowest BCUT2D eigenvalue weighted by Crippen LogP contribution is -2.33. The van der Waals surface area contributed by atoms with E-state index in [1.807, 2.05) is 0 Å². The van der Waals surface area contributed by atoms with Crippen LogP contribution < -0.4 is 10.6 Å². The molecule has 2 aliphatic carbocycles. The Balaban J connectivity index is 1.30. The number of hydrogen-bond donors (Lipinski definition) is 2. The zero-order valence-electron chi connectivity index (χ0n) is 12.0. The van der Waals surface area contributed by atoms with E-state index in [-0.39, 0.29) is 5.91 Å². The molecule has 3 aliphatic rings. The molecule has 108 valence electrons. The number of piperidine rings is 1. The van der Waals surface area contributed by atoms with Gasteiger partial charge in [-0.05, 0) is 75.3 Å². The Bertz CT molecular complexity index is 312. The standard InChI is InChI=1S/C16H28N2O/c19-16(6-4-12-2-1-7-17-10-12)18-11-15-9-13-3-5-14(15)8-13/h12-15,17H,1-11H2,(H,18,19). The van der Waals surface area contributed by atoms with Crippen LogP contribution in [0.4, 0.5) is 0 Å². The largest absolute Gasteiger partial charge is 0.356 e.